The Kier molecular flexibility index (Phi) is 14.2. The van der Waals surface area contributed by atoms with Crippen LogP contribution in [0.1, 0.15) is 88.0 Å². The number of likely N-dealkylation sites (N-methyl/N-ethyl adjacent to an activating group) is 1. The number of nitrogens with zero attached hydrogens (tertiary/aromatic N) is 1. The minimum absolute atomic E-state index is 0.0376. The summed E-state index contributed by atoms with van der Waals surface area (Å²) in [4.78, 5) is 40.9. The zero-order chi connectivity index (χ0) is 25.8. The lowest BCUT2D eigenvalue weighted by Crippen LogP contribution is -2.62. The van der Waals surface area contributed by atoms with E-state index in [9.17, 15) is 14.4 Å². The molecule has 7 nitrogen and oxygen atoms in total. The van der Waals surface area contributed by atoms with Gasteiger partial charge in [-0.25, -0.2) is 4.79 Å². The Balaban J connectivity index is 5.95. The zero-order valence-electron chi connectivity index (χ0n) is 22.7. The van der Waals surface area contributed by atoms with Crippen molar-refractivity contribution in [3.8, 4) is 0 Å². The van der Waals surface area contributed by atoms with Crippen LogP contribution in [-0.2, 0) is 19.1 Å². The average molecular weight is 468 g/mol. The van der Waals surface area contributed by atoms with Crippen molar-refractivity contribution < 1.29 is 19.1 Å². The van der Waals surface area contributed by atoms with Gasteiger partial charge in [0.15, 0.2) is 0 Å². The van der Waals surface area contributed by atoms with Crippen LogP contribution in [0.25, 0.3) is 0 Å². The summed E-state index contributed by atoms with van der Waals surface area (Å²) in [5, 5.41) is 6.49. The SMILES string of the molecule is CCCNC(CC)(CC)C(=O)NC(C(=O)N(C)C(/C=C(\C)C(=O)OCC)C(C)C)C(C)CC. The zero-order valence-corrected chi connectivity index (χ0v) is 22.7. The molecule has 0 spiro atoms. The number of ether oxygens (including phenoxy) is 1. The van der Waals surface area contributed by atoms with Crippen molar-refractivity contribution in [1.82, 2.24) is 15.5 Å². The average Bonchev–Trinajstić information content (AvgIpc) is 2.80. The lowest BCUT2D eigenvalue weighted by Gasteiger charge is -2.37. The molecule has 0 fully saturated rings. The Morgan fingerprint density at radius 3 is 2.03 bits per heavy atom. The van der Waals surface area contributed by atoms with Gasteiger partial charge in [0.2, 0.25) is 11.8 Å². The standard InChI is InChI=1S/C26H49N3O4/c1-11-16-27-26(13-3,14-4)25(32)28-22(19(8)12-2)23(30)29(10)21(18(6)7)17-20(9)24(31)33-15-5/h17-19,21-22,27H,11-16H2,1-10H3,(H,28,32)/b20-17+. The van der Waals surface area contributed by atoms with Gasteiger partial charge in [-0.15, -0.1) is 0 Å². The molecule has 0 saturated carbocycles. The Labute approximate surface area is 202 Å². The van der Waals surface area contributed by atoms with E-state index in [1.54, 1.807) is 31.9 Å². The summed E-state index contributed by atoms with van der Waals surface area (Å²) in [6.45, 7) is 18.6. The van der Waals surface area contributed by atoms with Crippen molar-refractivity contribution in [2.24, 2.45) is 11.8 Å². The predicted molar refractivity (Wildman–Crippen MR) is 135 cm³/mol. The molecule has 2 amide bonds. The fraction of sp³-hybridized carbons (Fsp3) is 0.808. The van der Waals surface area contributed by atoms with Crippen LogP contribution in [0.4, 0.5) is 0 Å². The second-order valence-electron chi connectivity index (χ2n) is 9.31. The van der Waals surface area contributed by atoms with Gasteiger partial charge < -0.3 is 20.3 Å². The Morgan fingerprint density at radius 2 is 1.61 bits per heavy atom. The number of esters is 1. The van der Waals surface area contributed by atoms with Crippen LogP contribution in [0.5, 0.6) is 0 Å². The van der Waals surface area contributed by atoms with Crippen LogP contribution in [0.15, 0.2) is 11.6 Å². The highest BCUT2D eigenvalue weighted by atomic mass is 16.5. The van der Waals surface area contributed by atoms with Crippen LogP contribution < -0.4 is 10.6 Å². The van der Waals surface area contributed by atoms with E-state index in [1.165, 1.54) is 0 Å². The highest BCUT2D eigenvalue weighted by Crippen LogP contribution is 2.21. The van der Waals surface area contributed by atoms with E-state index in [2.05, 4.69) is 17.6 Å². The number of hydrogen-bond acceptors (Lipinski definition) is 5. The lowest BCUT2D eigenvalue weighted by atomic mass is 9.89. The molecule has 7 heteroatoms. The smallest absolute Gasteiger partial charge is 0.333 e. The van der Waals surface area contributed by atoms with Crippen molar-refractivity contribution >= 4 is 17.8 Å². The van der Waals surface area contributed by atoms with E-state index in [1.807, 2.05) is 41.5 Å². The molecule has 3 unspecified atom stereocenters. The van der Waals surface area contributed by atoms with Crippen LogP contribution in [0.3, 0.4) is 0 Å². The molecule has 0 aromatic carbocycles. The van der Waals surface area contributed by atoms with Gasteiger partial charge in [0.05, 0.1) is 18.2 Å². The van der Waals surface area contributed by atoms with Crippen LogP contribution >= 0.6 is 0 Å². The first-order valence-electron chi connectivity index (χ1n) is 12.6. The van der Waals surface area contributed by atoms with E-state index in [-0.39, 0.29) is 35.7 Å². The quantitative estimate of drug-likeness (QED) is 0.280. The summed E-state index contributed by atoms with van der Waals surface area (Å²) in [7, 11) is 1.74. The molecular weight excluding hydrogens is 418 g/mol. The first-order chi connectivity index (χ1) is 15.5. The Morgan fingerprint density at radius 1 is 1.03 bits per heavy atom. The number of amides is 2. The highest BCUT2D eigenvalue weighted by molar-refractivity contribution is 5.92. The van der Waals surface area contributed by atoms with Gasteiger partial charge in [-0.05, 0) is 51.5 Å². The van der Waals surface area contributed by atoms with E-state index in [0.717, 1.165) is 19.4 Å². The molecule has 0 aliphatic heterocycles. The summed E-state index contributed by atoms with van der Waals surface area (Å²) in [5.74, 6) is -0.626. The lowest BCUT2D eigenvalue weighted by molar-refractivity contribution is -0.140. The van der Waals surface area contributed by atoms with E-state index in [0.29, 0.717) is 25.0 Å². The fourth-order valence-electron chi connectivity index (χ4n) is 3.92. The molecule has 0 aliphatic carbocycles. The molecule has 0 rings (SSSR count). The number of carbonyl (C=O) groups excluding carboxylic acids is 3. The molecule has 33 heavy (non-hydrogen) atoms. The Bertz CT molecular complexity index is 656. The normalized spacial score (nSPS) is 15.1. The fourth-order valence-corrected chi connectivity index (χ4v) is 3.92. The first-order valence-corrected chi connectivity index (χ1v) is 12.6. The molecule has 192 valence electrons. The van der Waals surface area contributed by atoms with Gasteiger partial charge in [0.1, 0.15) is 6.04 Å². The van der Waals surface area contributed by atoms with E-state index >= 15 is 0 Å². The monoisotopic (exact) mass is 467 g/mol. The third-order valence-corrected chi connectivity index (χ3v) is 6.62. The second kappa shape index (κ2) is 15.1. The van der Waals surface area contributed by atoms with Gasteiger partial charge in [0, 0.05) is 12.6 Å². The molecule has 0 heterocycles. The summed E-state index contributed by atoms with van der Waals surface area (Å²) in [5.41, 5.74) is -0.225. The van der Waals surface area contributed by atoms with Crippen molar-refractivity contribution in [3.05, 3.63) is 11.6 Å². The second-order valence-corrected chi connectivity index (χ2v) is 9.31. The van der Waals surface area contributed by atoms with Crippen LogP contribution in [-0.4, -0.2) is 60.5 Å². The van der Waals surface area contributed by atoms with Gasteiger partial charge >= 0.3 is 5.97 Å². The molecule has 0 saturated heterocycles. The van der Waals surface area contributed by atoms with Crippen molar-refractivity contribution in [1.29, 1.82) is 0 Å². The van der Waals surface area contributed by atoms with Gasteiger partial charge in [-0.2, -0.15) is 0 Å². The van der Waals surface area contributed by atoms with Gasteiger partial charge in [-0.3, -0.25) is 9.59 Å². The van der Waals surface area contributed by atoms with E-state index < -0.39 is 11.6 Å². The molecule has 0 radical (unpaired) electrons. The van der Waals surface area contributed by atoms with Gasteiger partial charge in [-0.1, -0.05) is 61.0 Å². The van der Waals surface area contributed by atoms with Crippen LogP contribution in [0, 0.1) is 11.8 Å². The summed E-state index contributed by atoms with van der Waals surface area (Å²) in [6, 6.07) is -0.948. The van der Waals surface area contributed by atoms with E-state index in [4.69, 9.17) is 4.74 Å². The molecule has 0 aromatic heterocycles. The number of hydrogen-bond donors (Lipinski definition) is 2. The molecule has 0 bridgehead atoms. The maximum atomic E-state index is 13.7. The van der Waals surface area contributed by atoms with Gasteiger partial charge in [0.25, 0.3) is 0 Å². The predicted octanol–water partition coefficient (Wildman–Crippen LogP) is 4.07. The molecule has 3 atom stereocenters. The highest BCUT2D eigenvalue weighted by Gasteiger charge is 2.39. The minimum Gasteiger partial charge on any atom is -0.463 e. The first kappa shape index (κ1) is 31.1. The maximum absolute atomic E-state index is 13.7. The molecule has 0 aromatic rings. The topological polar surface area (TPSA) is 87.7 Å². The van der Waals surface area contributed by atoms with Crippen molar-refractivity contribution in [2.75, 3.05) is 20.2 Å². The molecule has 0 aliphatic rings. The van der Waals surface area contributed by atoms with Crippen molar-refractivity contribution in [3.63, 3.8) is 0 Å². The van der Waals surface area contributed by atoms with Crippen molar-refractivity contribution in [2.45, 2.75) is 106 Å². The summed E-state index contributed by atoms with van der Waals surface area (Å²) in [6.07, 6.45) is 4.75. The largest absolute Gasteiger partial charge is 0.463 e. The summed E-state index contributed by atoms with van der Waals surface area (Å²) < 4.78 is 5.10. The third-order valence-electron chi connectivity index (χ3n) is 6.62. The van der Waals surface area contributed by atoms with Crippen LogP contribution in [0.2, 0.25) is 0 Å². The number of nitrogens with one attached hydrogen (secondary N) is 2. The third kappa shape index (κ3) is 8.76. The molecular formula is C26H49N3O4. The number of carbonyl (C=O) groups is 3. The Hall–Kier alpha value is -1.89. The molecule has 2 N–H and O–H groups in total. The maximum Gasteiger partial charge on any atom is 0.333 e. The summed E-state index contributed by atoms with van der Waals surface area (Å²) >= 11 is 0. The minimum atomic E-state index is -0.696. The number of rotatable bonds is 15.